The number of hydrogen-bond acceptors (Lipinski definition) is 5. The Morgan fingerprint density at radius 3 is 2.44 bits per heavy atom. The molecule has 0 unspecified atom stereocenters. The van der Waals surface area contributed by atoms with Gasteiger partial charge in [-0.2, -0.15) is 22.5 Å². The first-order valence-electron chi connectivity index (χ1n) is 13.6. The van der Waals surface area contributed by atoms with Crippen LogP contribution in [0.25, 0.3) is 17.1 Å². The van der Waals surface area contributed by atoms with Crippen molar-refractivity contribution in [2.75, 3.05) is 28.6 Å². The highest BCUT2D eigenvalue weighted by molar-refractivity contribution is 7.85. The molecule has 2 aromatic carbocycles. The van der Waals surface area contributed by atoms with E-state index in [0.717, 1.165) is 5.69 Å². The van der Waals surface area contributed by atoms with Gasteiger partial charge in [-0.1, -0.05) is 29.8 Å². The average molecular weight is 641 g/mol. The smallest absolute Gasteiger partial charge is 0.326 e. The Labute approximate surface area is 252 Å². The van der Waals surface area contributed by atoms with Gasteiger partial charge in [-0.05, 0) is 57.0 Å². The molecule has 0 atom stereocenters. The van der Waals surface area contributed by atoms with Crippen LogP contribution in [0.4, 0.5) is 28.9 Å². The molecule has 0 spiro atoms. The fourth-order valence-corrected chi connectivity index (χ4v) is 6.02. The monoisotopic (exact) mass is 640 g/mol. The summed E-state index contributed by atoms with van der Waals surface area (Å²) in [5.74, 6) is -3.71. The number of hydrogen-bond donors (Lipinski definition) is 1. The number of fused-ring (bicyclic) bond motifs is 2. The molecule has 14 heteroatoms. The lowest BCUT2D eigenvalue weighted by Crippen LogP contribution is -2.48. The molecule has 0 saturated heterocycles. The van der Waals surface area contributed by atoms with Crippen LogP contribution in [0.1, 0.15) is 38.1 Å². The van der Waals surface area contributed by atoms with Gasteiger partial charge in [-0.3, -0.25) is 4.55 Å². The van der Waals surface area contributed by atoms with E-state index >= 15 is 0 Å². The van der Waals surface area contributed by atoms with E-state index in [2.05, 4.69) is 6.07 Å². The van der Waals surface area contributed by atoms with Crippen LogP contribution in [0.2, 0.25) is 5.02 Å². The van der Waals surface area contributed by atoms with Gasteiger partial charge < -0.3 is 9.80 Å². The summed E-state index contributed by atoms with van der Waals surface area (Å²) in [6.45, 7) is 3.75. The molecule has 4 rings (SSSR count). The normalized spacial score (nSPS) is 14.9. The molecule has 1 aliphatic heterocycles. The molecular formula is C29H31ClF4N5O3S+. The van der Waals surface area contributed by atoms with Crippen LogP contribution >= 0.6 is 11.6 Å². The number of allylic oxidation sites excluding steroid dienone is 2. The molecule has 1 aliphatic rings. The maximum atomic E-state index is 14.3. The lowest BCUT2D eigenvalue weighted by molar-refractivity contribution is -0.693. The van der Waals surface area contributed by atoms with E-state index < -0.39 is 34.8 Å². The van der Waals surface area contributed by atoms with Crippen molar-refractivity contribution in [2.24, 2.45) is 0 Å². The van der Waals surface area contributed by atoms with Crippen molar-refractivity contribution >= 4 is 50.2 Å². The SMILES string of the molecule is CCN1C(=CC=Cc2n(CC)c3ccccc3[n+]2CC(F)(F)C(F)F)N(CCCCS(=O)(=O)O)c2cc(C#N)c(Cl)cc21. The minimum atomic E-state index is -4.25. The lowest BCUT2D eigenvalue weighted by atomic mass is 10.1. The number of para-hydroxylation sites is 2. The molecule has 8 nitrogen and oxygen atoms in total. The number of halogens is 5. The second kappa shape index (κ2) is 13.0. The third-order valence-electron chi connectivity index (χ3n) is 7.18. The first kappa shape index (κ1) is 32.3. The Kier molecular flexibility index (Phi) is 9.73. The van der Waals surface area contributed by atoms with Gasteiger partial charge in [0.25, 0.3) is 15.9 Å². The van der Waals surface area contributed by atoms with Crippen molar-refractivity contribution in [3.8, 4) is 6.07 Å². The summed E-state index contributed by atoms with van der Waals surface area (Å²) in [5.41, 5.74) is 2.65. The number of benzene rings is 2. The molecule has 0 fully saturated rings. The van der Waals surface area contributed by atoms with Gasteiger partial charge in [0.05, 0.1) is 34.3 Å². The van der Waals surface area contributed by atoms with Crippen molar-refractivity contribution in [3.05, 3.63) is 70.8 Å². The van der Waals surface area contributed by atoms with Crippen molar-refractivity contribution in [2.45, 2.75) is 52.1 Å². The highest BCUT2D eigenvalue weighted by atomic mass is 35.5. The molecule has 1 aromatic heterocycles. The Bertz CT molecular complexity index is 1720. The maximum absolute atomic E-state index is 14.3. The van der Waals surface area contributed by atoms with Gasteiger partial charge >= 0.3 is 12.3 Å². The van der Waals surface area contributed by atoms with Crippen LogP contribution in [-0.4, -0.2) is 48.7 Å². The topological polar surface area (TPSA) is 93.4 Å². The molecule has 3 aromatic rings. The standard InChI is InChI=1S/C29H30ClF4N5O3S/c1-3-36-22-10-5-6-11-23(22)39(19-29(33,34)28(31)32)27(36)13-9-12-26-37(4-2)25-17-21(30)20(18-35)16-24(25)38(26)14-7-8-15-43(40,41)42/h5-6,9-13,16-17,28H,3-4,7-8,14-15,19H2,1-2H3/p+1. The van der Waals surface area contributed by atoms with E-state index in [0.29, 0.717) is 54.4 Å². The zero-order chi connectivity index (χ0) is 31.5. The summed E-state index contributed by atoms with van der Waals surface area (Å²) in [6.07, 6.45) is 1.69. The van der Waals surface area contributed by atoms with Crippen molar-refractivity contribution in [1.82, 2.24) is 4.57 Å². The van der Waals surface area contributed by atoms with Crippen LogP contribution in [-0.2, 0) is 23.2 Å². The zero-order valence-electron chi connectivity index (χ0n) is 23.5. The summed E-state index contributed by atoms with van der Waals surface area (Å²) < 4.78 is 89.6. The van der Waals surface area contributed by atoms with E-state index in [1.54, 1.807) is 59.2 Å². The number of nitriles is 1. The van der Waals surface area contributed by atoms with E-state index in [1.807, 2.05) is 23.6 Å². The van der Waals surface area contributed by atoms with Crippen LogP contribution in [0.3, 0.4) is 0 Å². The second-order valence-corrected chi connectivity index (χ2v) is 11.9. The third kappa shape index (κ3) is 6.82. The molecule has 0 saturated carbocycles. The fourth-order valence-electron chi connectivity index (χ4n) is 5.26. The number of unbranched alkanes of at least 4 members (excludes halogenated alkanes) is 1. The van der Waals surface area contributed by atoms with Crippen LogP contribution in [0.5, 0.6) is 0 Å². The Morgan fingerprint density at radius 2 is 1.81 bits per heavy atom. The molecule has 0 aliphatic carbocycles. The summed E-state index contributed by atoms with van der Waals surface area (Å²) in [7, 11) is -4.13. The number of alkyl halides is 4. The van der Waals surface area contributed by atoms with Gasteiger partial charge in [-0.15, -0.1) is 0 Å². The minimum absolute atomic E-state index is 0.188. The lowest BCUT2D eigenvalue weighted by Gasteiger charge is -2.24. The predicted octanol–water partition coefficient (Wildman–Crippen LogP) is 6.24. The fraction of sp³-hybridized carbons (Fsp3) is 0.379. The molecule has 0 radical (unpaired) electrons. The van der Waals surface area contributed by atoms with E-state index in [9.17, 15) is 31.2 Å². The van der Waals surface area contributed by atoms with Gasteiger partial charge in [0, 0.05) is 19.2 Å². The van der Waals surface area contributed by atoms with Crippen molar-refractivity contribution < 1.29 is 35.1 Å². The third-order valence-corrected chi connectivity index (χ3v) is 8.30. The highest BCUT2D eigenvalue weighted by Crippen LogP contribution is 2.44. The molecule has 2 heterocycles. The van der Waals surface area contributed by atoms with Crippen LogP contribution < -0.4 is 14.4 Å². The van der Waals surface area contributed by atoms with Gasteiger partial charge in [0.1, 0.15) is 11.9 Å². The number of anilines is 2. The van der Waals surface area contributed by atoms with E-state index in [4.69, 9.17) is 16.2 Å². The summed E-state index contributed by atoms with van der Waals surface area (Å²) >= 11 is 6.34. The molecule has 0 amide bonds. The van der Waals surface area contributed by atoms with Gasteiger partial charge in [-0.25, -0.2) is 17.9 Å². The highest BCUT2D eigenvalue weighted by Gasteiger charge is 2.45. The number of aryl methyl sites for hydroxylation is 1. The van der Waals surface area contributed by atoms with Gasteiger partial charge in [0.15, 0.2) is 17.6 Å². The Balaban J connectivity index is 1.79. The van der Waals surface area contributed by atoms with Gasteiger partial charge in [0.2, 0.25) is 0 Å². The zero-order valence-corrected chi connectivity index (χ0v) is 25.1. The number of rotatable bonds is 12. The number of nitrogens with zero attached hydrogens (tertiary/aromatic N) is 5. The molecule has 43 heavy (non-hydrogen) atoms. The first-order chi connectivity index (χ1) is 20.3. The number of aromatic nitrogens is 2. The van der Waals surface area contributed by atoms with Crippen molar-refractivity contribution in [1.29, 1.82) is 5.26 Å². The summed E-state index contributed by atoms with van der Waals surface area (Å²) in [4.78, 5) is 3.82. The Hall–Kier alpha value is -3.60. The van der Waals surface area contributed by atoms with Crippen LogP contribution in [0, 0.1) is 11.3 Å². The average Bonchev–Trinajstić information content (AvgIpc) is 3.40. The predicted molar refractivity (Wildman–Crippen MR) is 158 cm³/mol. The maximum Gasteiger partial charge on any atom is 0.344 e. The van der Waals surface area contributed by atoms with E-state index in [-0.39, 0.29) is 17.0 Å². The quantitative estimate of drug-likeness (QED) is 0.109. The second-order valence-electron chi connectivity index (χ2n) is 9.94. The number of imidazole rings is 1. The summed E-state index contributed by atoms with van der Waals surface area (Å²) in [5, 5.41) is 9.81. The first-order valence-corrected chi connectivity index (χ1v) is 15.6. The van der Waals surface area contributed by atoms with Crippen LogP contribution in [0.15, 0.2) is 54.4 Å². The van der Waals surface area contributed by atoms with E-state index in [1.165, 1.54) is 4.57 Å². The molecule has 0 bridgehead atoms. The largest absolute Gasteiger partial charge is 0.344 e. The molecule has 230 valence electrons. The molecule has 1 N–H and O–H groups in total. The summed E-state index contributed by atoms with van der Waals surface area (Å²) in [6, 6.07) is 12.1. The Morgan fingerprint density at radius 1 is 1.12 bits per heavy atom. The molecular weight excluding hydrogens is 610 g/mol. The van der Waals surface area contributed by atoms with Crippen molar-refractivity contribution in [3.63, 3.8) is 0 Å². The minimum Gasteiger partial charge on any atom is -0.326 e.